The number of benzene rings is 2. The summed E-state index contributed by atoms with van der Waals surface area (Å²) < 4.78 is 0. The number of hydrogen-bond donors (Lipinski definition) is 1. The van der Waals surface area contributed by atoms with E-state index in [9.17, 15) is 4.79 Å². The van der Waals surface area contributed by atoms with Crippen LogP contribution in [0, 0.1) is 0 Å². The molecule has 1 aliphatic rings. The maximum Gasteiger partial charge on any atom is 0.258 e. The van der Waals surface area contributed by atoms with Crippen LogP contribution in [0.2, 0.25) is 0 Å². The van der Waals surface area contributed by atoms with Crippen molar-refractivity contribution in [1.82, 2.24) is 10.2 Å². The number of amides is 1. The largest absolute Gasteiger partial charge is 0.296 e. The van der Waals surface area contributed by atoms with E-state index in [-0.39, 0.29) is 5.91 Å². The first-order chi connectivity index (χ1) is 9.83. The molecule has 0 saturated carbocycles. The smallest absolute Gasteiger partial charge is 0.258 e. The number of carbonyl (C=O) groups excluding carboxylic acids is 1. The number of anilines is 1. The van der Waals surface area contributed by atoms with Gasteiger partial charge in [-0.2, -0.15) is 0 Å². The lowest BCUT2D eigenvalue weighted by molar-refractivity contribution is 0.102. The van der Waals surface area contributed by atoms with Crippen molar-refractivity contribution in [1.29, 1.82) is 0 Å². The molecule has 98 valence electrons. The molecule has 1 amide bonds. The molecule has 0 unspecified atom stereocenters. The molecule has 3 aromatic rings. The van der Waals surface area contributed by atoms with Crippen molar-refractivity contribution in [3.63, 3.8) is 0 Å². The van der Waals surface area contributed by atoms with Crippen molar-refractivity contribution >= 4 is 33.1 Å². The van der Waals surface area contributed by atoms with Crippen LogP contribution in [0.25, 0.3) is 10.8 Å². The highest BCUT2D eigenvalue weighted by atomic mass is 32.1. The maximum absolute atomic E-state index is 12.4. The quantitative estimate of drug-likeness (QED) is 0.785. The number of nitrogens with one attached hydrogen (secondary N) is 1. The van der Waals surface area contributed by atoms with Crippen LogP contribution in [0.1, 0.15) is 21.5 Å². The first-order valence-corrected chi connectivity index (χ1v) is 7.32. The summed E-state index contributed by atoms with van der Waals surface area (Å²) in [7, 11) is 0. The predicted molar refractivity (Wildman–Crippen MR) is 79.2 cm³/mol. The van der Waals surface area contributed by atoms with E-state index >= 15 is 0 Å². The molecule has 0 atom stereocenters. The zero-order valence-corrected chi connectivity index (χ0v) is 11.4. The first-order valence-electron chi connectivity index (χ1n) is 6.44. The van der Waals surface area contributed by atoms with Gasteiger partial charge in [0.15, 0.2) is 0 Å². The number of hydrogen-bond acceptors (Lipinski definition) is 4. The number of aromatic nitrogens is 2. The van der Waals surface area contributed by atoms with Crippen LogP contribution in [0.5, 0.6) is 0 Å². The van der Waals surface area contributed by atoms with E-state index in [2.05, 4.69) is 27.6 Å². The van der Waals surface area contributed by atoms with E-state index in [0.29, 0.717) is 10.7 Å². The van der Waals surface area contributed by atoms with Crippen LogP contribution in [0.4, 0.5) is 5.13 Å². The number of aryl methyl sites for hydroxylation is 2. The lowest BCUT2D eigenvalue weighted by atomic mass is 9.99. The van der Waals surface area contributed by atoms with E-state index < -0.39 is 0 Å². The molecule has 1 N–H and O–H groups in total. The Morgan fingerprint density at radius 3 is 2.80 bits per heavy atom. The highest BCUT2D eigenvalue weighted by Gasteiger charge is 2.19. The van der Waals surface area contributed by atoms with Gasteiger partial charge in [0, 0.05) is 5.56 Å². The molecule has 1 heterocycles. The van der Waals surface area contributed by atoms with Crippen LogP contribution in [0.15, 0.2) is 35.8 Å². The van der Waals surface area contributed by atoms with Crippen LogP contribution >= 0.6 is 11.3 Å². The first kappa shape index (κ1) is 11.5. The van der Waals surface area contributed by atoms with Crippen LogP contribution in [-0.4, -0.2) is 16.1 Å². The van der Waals surface area contributed by atoms with Gasteiger partial charge in [-0.05, 0) is 40.8 Å². The number of nitrogens with zero attached hydrogens (tertiary/aromatic N) is 2. The minimum Gasteiger partial charge on any atom is -0.296 e. The number of carbonyl (C=O) groups is 1. The van der Waals surface area contributed by atoms with Crippen molar-refractivity contribution in [3.05, 3.63) is 52.5 Å². The van der Waals surface area contributed by atoms with Crippen molar-refractivity contribution in [2.24, 2.45) is 0 Å². The molecule has 4 nitrogen and oxygen atoms in total. The molecule has 1 aliphatic carbocycles. The monoisotopic (exact) mass is 281 g/mol. The highest BCUT2D eigenvalue weighted by molar-refractivity contribution is 7.13. The Balaban J connectivity index is 1.83. The van der Waals surface area contributed by atoms with E-state index in [1.54, 1.807) is 5.51 Å². The average Bonchev–Trinajstić information content (AvgIpc) is 3.10. The third-order valence-corrected chi connectivity index (χ3v) is 4.31. The standard InChI is InChI=1S/C15H11N3OS/c19-14(17-15-18-16-8-20-15)12-7-6-10-5-4-9-2-1-3-11(12)13(9)10/h1-3,6-8H,4-5H2,(H,17,18,19). The van der Waals surface area contributed by atoms with E-state index in [1.807, 2.05) is 18.2 Å². The SMILES string of the molecule is O=C(Nc1nncs1)c1ccc2c3c(cccc13)CC2. The molecule has 20 heavy (non-hydrogen) atoms. The zero-order chi connectivity index (χ0) is 13.5. The van der Waals surface area contributed by atoms with Crippen LogP contribution < -0.4 is 5.32 Å². The van der Waals surface area contributed by atoms with Gasteiger partial charge in [-0.1, -0.05) is 35.6 Å². The summed E-state index contributed by atoms with van der Waals surface area (Å²) in [6.07, 6.45) is 2.13. The summed E-state index contributed by atoms with van der Waals surface area (Å²) in [6, 6.07) is 10.2. The molecule has 0 spiro atoms. The Labute approximate surface area is 119 Å². The molecule has 0 aliphatic heterocycles. The van der Waals surface area contributed by atoms with Gasteiger partial charge in [0.25, 0.3) is 5.91 Å². The van der Waals surface area contributed by atoms with Crippen LogP contribution in [0.3, 0.4) is 0 Å². The van der Waals surface area contributed by atoms with Crippen molar-refractivity contribution in [3.8, 4) is 0 Å². The second kappa shape index (κ2) is 4.38. The topological polar surface area (TPSA) is 54.9 Å². The Morgan fingerprint density at radius 1 is 1.15 bits per heavy atom. The average molecular weight is 281 g/mol. The molecule has 0 fully saturated rings. The Hall–Kier alpha value is -2.27. The normalized spacial score (nSPS) is 12.8. The van der Waals surface area contributed by atoms with Gasteiger partial charge in [-0.3, -0.25) is 10.1 Å². The third kappa shape index (κ3) is 1.71. The second-order valence-corrected chi connectivity index (χ2v) is 5.64. The molecular weight excluding hydrogens is 270 g/mol. The maximum atomic E-state index is 12.4. The fraction of sp³-hybridized carbons (Fsp3) is 0.133. The second-order valence-electron chi connectivity index (χ2n) is 4.81. The number of rotatable bonds is 2. The molecule has 2 aromatic carbocycles. The molecule has 1 aromatic heterocycles. The summed E-state index contributed by atoms with van der Waals surface area (Å²) >= 11 is 1.32. The lowest BCUT2D eigenvalue weighted by Crippen LogP contribution is -2.12. The van der Waals surface area contributed by atoms with Gasteiger partial charge in [-0.25, -0.2) is 0 Å². The minimum atomic E-state index is -0.127. The Bertz CT molecular complexity index is 801. The van der Waals surface area contributed by atoms with Gasteiger partial charge in [0.1, 0.15) is 5.51 Å². The molecule has 0 bridgehead atoms. The molecule has 5 heteroatoms. The molecular formula is C15H11N3OS. The summed E-state index contributed by atoms with van der Waals surface area (Å²) in [5, 5.41) is 13.2. The Morgan fingerprint density at radius 2 is 2.00 bits per heavy atom. The summed E-state index contributed by atoms with van der Waals surface area (Å²) in [5.41, 5.74) is 4.97. The van der Waals surface area contributed by atoms with Gasteiger partial charge >= 0.3 is 0 Å². The predicted octanol–water partition coefficient (Wildman–Crippen LogP) is 3.04. The summed E-state index contributed by atoms with van der Waals surface area (Å²) in [6.45, 7) is 0. The highest BCUT2D eigenvalue weighted by Crippen LogP contribution is 2.33. The lowest BCUT2D eigenvalue weighted by Gasteiger charge is -2.08. The van der Waals surface area contributed by atoms with Gasteiger partial charge < -0.3 is 0 Å². The van der Waals surface area contributed by atoms with Crippen LogP contribution in [-0.2, 0) is 12.8 Å². The van der Waals surface area contributed by atoms with Gasteiger partial charge in [-0.15, -0.1) is 10.2 Å². The fourth-order valence-electron chi connectivity index (χ4n) is 2.84. The molecule has 0 radical (unpaired) electrons. The van der Waals surface area contributed by atoms with Crippen molar-refractivity contribution in [2.45, 2.75) is 12.8 Å². The van der Waals surface area contributed by atoms with E-state index in [0.717, 1.165) is 18.2 Å². The van der Waals surface area contributed by atoms with Crippen molar-refractivity contribution in [2.75, 3.05) is 5.32 Å². The summed E-state index contributed by atoms with van der Waals surface area (Å²) in [4.78, 5) is 12.4. The Kier molecular flexibility index (Phi) is 2.53. The molecule has 4 rings (SSSR count). The van der Waals surface area contributed by atoms with Gasteiger partial charge in [0.2, 0.25) is 5.13 Å². The van der Waals surface area contributed by atoms with Gasteiger partial charge in [0.05, 0.1) is 0 Å². The third-order valence-electron chi connectivity index (χ3n) is 3.70. The van der Waals surface area contributed by atoms with E-state index in [1.165, 1.54) is 27.8 Å². The summed E-state index contributed by atoms with van der Waals surface area (Å²) in [5.74, 6) is -0.127. The van der Waals surface area contributed by atoms with E-state index in [4.69, 9.17) is 0 Å². The minimum absolute atomic E-state index is 0.127. The van der Waals surface area contributed by atoms with Crippen molar-refractivity contribution < 1.29 is 4.79 Å². The molecule has 0 saturated heterocycles. The zero-order valence-electron chi connectivity index (χ0n) is 10.6. The fourth-order valence-corrected chi connectivity index (χ4v) is 3.28.